The van der Waals surface area contributed by atoms with Gasteiger partial charge in [-0.05, 0) is 42.4 Å². The van der Waals surface area contributed by atoms with Gasteiger partial charge in [-0.15, -0.1) is 0 Å². The second-order valence-electron chi connectivity index (χ2n) is 6.67. The van der Waals surface area contributed by atoms with Crippen molar-refractivity contribution in [3.8, 4) is 0 Å². The highest BCUT2D eigenvalue weighted by Gasteiger charge is 2.14. The van der Waals surface area contributed by atoms with E-state index in [2.05, 4.69) is 31.2 Å². The first-order valence-corrected chi connectivity index (χ1v) is 9.56. The maximum atomic E-state index is 12.1. The molecule has 0 N–H and O–H groups in total. The van der Waals surface area contributed by atoms with Crippen LogP contribution in [-0.2, 0) is 9.59 Å². The summed E-state index contributed by atoms with van der Waals surface area (Å²) in [5.74, 6) is -0.225. The van der Waals surface area contributed by atoms with Gasteiger partial charge < -0.3 is 0 Å². The van der Waals surface area contributed by atoms with E-state index in [1.54, 1.807) is 6.08 Å². The van der Waals surface area contributed by atoms with E-state index in [-0.39, 0.29) is 5.78 Å². The molecule has 0 amide bonds. The Bertz CT molecular complexity index is 702. The summed E-state index contributed by atoms with van der Waals surface area (Å²) in [5, 5.41) is 0. The quantitative estimate of drug-likeness (QED) is 0.369. The van der Waals surface area contributed by atoms with Gasteiger partial charge >= 0.3 is 0 Å². The van der Waals surface area contributed by atoms with Crippen molar-refractivity contribution in [2.45, 2.75) is 51.4 Å². The van der Waals surface area contributed by atoms with E-state index in [9.17, 15) is 9.59 Å². The molecule has 2 rings (SSSR count). The van der Waals surface area contributed by atoms with Gasteiger partial charge in [0.25, 0.3) is 0 Å². The second-order valence-corrected chi connectivity index (χ2v) is 6.67. The van der Waals surface area contributed by atoms with Gasteiger partial charge in [-0.3, -0.25) is 9.59 Å². The molecule has 0 aromatic heterocycles. The number of hydrogen-bond donors (Lipinski definition) is 0. The van der Waals surface area contributed by atoms with Gasteiger partial charge in [0.1, 0.15) is 0 Å². The molecule has 1 unspecified atom stereocenters. The zero-order chi connectivity index (χ0) is 18.6. The Kier molecular flexibility index (Phi) is 8.54. The van der Waals surface area contributed by atoms with Crippen molar-refractivity contribution in [3.63, 3.8) is 0 Å². The summed E-state index contributed by atoms with van der Waals surface area (Å²) < 4.78 is 0. The Morgan fingerprint density at radius 3 is 2.15 bits per heavy atom. The molecule has 136 valence electrons. The molecule has 0 heterocycles. The Morgan fingerprint density at radius 2 is 1.50 bits per heavy atom. The molecule has 0 radical (unpaired) electrons. The molecule has 0 aliphatic rings. The molecule has 0 saturated heterocycles. The van der Waals surface area contributed by atoms with Crippen LogP contribution in [0.2, 0.25) is 0 Å². The normalized spacial score (nSPS) is 12.2. The molecule has 2 aromatic rings. The molecule has 2 aromatic carbocycles. The van der Waals surface area contributed by atoms with Crippen molar-refractivity contribution >= 4 is 17.6 Å². The van der Waals surface area contributed by atoms with Crippen LogP contribution in [0.5, 0.6) is 0 Å². The van der Waals surface area contributed by atoms with Crippen molar-refractivity contribution in [3.05, 3.63) is 77.9 Å². The monoisotopic (exact) mass is 348 g/mol. The predicted molar refractivity (Wildman–Crippen MR) is 108 cm³/mol. The maximum absolute atomic E-state index is 12.1. The molecule has 26 heavy (non-hydrogen) atoms. The van der Waals surface area contributed by atoms with Crippen LogP contribution in [0, 0.1) is 0 Å². The van der Waals surface area contributed by atoms with Crippen LogP contribution in [0.15, 0.2) is 66.7 Å². The standard InChI is InChI=1S/C24H28O2/c1-2-3-13-21(22-14-8-5-9-15-22)16-10-17-23(25)24(26)19-18-20-11-6-4-7-12-20/h4-9,11-12,14-15,18-19,21H,2-3,10,13,16-17H2,1H3. The summed E-state index contributed by atoms with van der Waals surface area (Å²) in [4.78, 5) is 24.1. The highest BCUT2D eigenvalue weighted by Crippen LogP contribution is 2.27. The zero-order valence-corrected chi connectivity index (χ0v) is 15.6. The minimum atomic E-state index is -0.404. The van der Waals surface area contributed by atoms with E-state index in [1.807, 2.05) is 36.4 Å². The lowest BCUT2D eigenvalue weighted by Gasteiger charge is -2.16. The first-order valence-electron chi connectivity index (χ1n) is 9.56. The lowest BCUT2D eigenvalue weighted by molar-refractivity contribution is -0.133. The highest BCUT2D eigenvalue weighted by molar-refractivity contribution is 6.42. The minimum Gasteiger partial charge on any atom is -0.291 e. The van der Waals surface area contributed by atoms with Crippen LogP contribution in [-0.4, -0.2) is 11.6 Å². The number of allylic oxidation sites excluding steroid dienone is 1. The zero-order valence-electron chi connectivity index (χ0n) is 15.6. The largest absolute Gasteiger partial charge is 0.291 e. The van der Waals surface area contributed by atoms with E-state index in [1.165, 1.54) is 24.5 Å². The third-order valence-electron chi connectivity index (χ3n) is 4.64. The molecule has 0 bridgehead atoms. The van der Waals surface area contributed by atoms with Crippen molar-refractivity contribution in [2.75, 3.05) is 0 Å². The van der Waals surface area contributed by atoms with Gasteiger partial charge in [0, 0.05) is 6.42 Å². The van der Waals surface area contributed by atoms with Crippen LogP contribution in [0.25, 0.3) is 6.08 Å². The topological polar surface area (TPSA) is 34.1 Å². The average molecular weight is 348 g/mol. The fourth-order valence-corrected chi connectivity index (χ4v) is 3.11. The maximum Gasteiger partial charge on any atom is 0.221 e. The van der Waals surface area contributed by atoms with E-state index in [4.69, 9.17) is 0 Å². The summed E-state index contributed by atoms with van der Waals surface area (Å²) in [6.07, 6.45) is 8.62. The summed E-state index contributed by atoms with van der Waals surface area (Å²) >= 11 is 0. The first-order chi connectivity index (χ1) is 12.7. The Labute approximate surface area is 157 Å². The molecule has 2 heteroatoms. The van der Waals surface area contributed by atoms with E-state index in [0.29, 0.717) is 12.3 Å². The smallest absolute Gasteiger partial charge is 0.221 e. The van der Waals surface area contributed by atoms with Crippen molar-refractivity contribution in [2.24, 2.45) is 0 Å². The average Bonchev–Trinajstić information content (AvgIpc) is 2.70. The molecule has 0 aliphatic carbocycles. The molecule has 2 nitrogen and oxygen atoms in total. The van der Waals surface area contributed by atoms with Crippen LogP contribution in [0.4, 0.5) is 0 Å². The SMILES string of the molecule is CCCCC(CCCC(=O)C(=O)C=Cc1ccccc1)c1ccccc1. The van der Waals surface area contributed by atoms with Crippen molar-refractivity contribution in [1.29, 1.82) is 0 Å². The summed E-state index contributed by atoms with van der Waals surface area (Å²) in [6, 6.07) is 20.0. The second kappa shape index (κ2) is 11.2. The van der Waals surface area contributed by atoms with Gasteiger partial charge in [-0.25, -0.2) is 0 Å². The van der Waals surface area contributed by atoms with E-state index >= 15 is 0 Å². The molecule has 0 spiro atoms. The molecule has 0 saturated carbocycles. The number of Topliss-reactive ketones (excluding diaryl/α,β-unsaturated/α-hetero) is 1. The molecular formula is C24H28O2. The van der Waals surface area contributed by atoms with E-state index < -0.39 is 5.78 Å². The number of carbonyl (C=O) groups excluding carboxylic acids is 2. The molecule has 0 fully saturated rings. The van der Waals surface area contributed by atoms with Crippen LogP contribution in [0.1, 0.15) is 62.5 Å². The van der Waals surface area contributed by atoms with Gasteiger partial charge in [-0.2, -0.15) is 0 Å². The Balaban J connectivity index is 1.83. The Hall–Kier alpha value is -2.48. The lowest BCUT2D eigenvalue weighted by Crippen LogP contribution is -2.11. The van der Waals surface area contributed by atoms with Gasteiger partial charge in [-0.1, -0.05) is 86.5 Å². The third-order valence-corrected chi connectivity index (χ3v) is 4.64. The summed E-state index contributed by atoms with van der Waals surface area (Å²) in [7, 11) is 0. The van der Waals surface area contributed by atoms with E-state index in [0.717, 1.165) is 24.8 Å². The predicted octanol–water partition coefficient (Wildman–Crippen LogP) is 5.98. The minimum absolute atomic E-state index is 0.292. The van der Waals surface area contributed by atoms with Crippen molar-refractivity contribution < 1.29 is 9.59 Å². The van der Waals surface area contributed by atoms with Gasteiger partial charge in [0.2, 0.25) is 11.6 Å². The fourth-order valence-electron chi connectivity index (χ4n) is 3.11. The number of rotatable bonds is 11. The first kappa shape index (κ1) is 19.8. The Morgan fingerprint density at radius 1 is 0.885 bits per heavy atom. The third kappa shape index (κ3) is 6.79. The van der Waals surface area contributed by atoms with Crippen LogP contribution < -0.4 is 0 Å². The number of benzene rings is 2. The molecule has 0 aliphatic heterocycles. The highest BCUT2D eigenvalue weighted by atomic mass is 16.2. The number of hydrogen-bond acceptors (Lipinski definition) is 2. The lowest BCUT2D eigenvalue weighted by atomic mass is 9.88. The molecule has 1 atom stereocenters. The van der Waals surface area contributed by atoms with Crippen LogP contribution >= 0.6 is 0 Å². The van der Waals surface area contributed by atoms with Crippen molar-refractivity contribution in [1.82, 2.24) is 0 Å². The number of carbonyl (C=O) groups is 2. The fraction of sp³-hybridized carbons (Fsp3) is 0.333. The van der Waals surface area contributed by atoms with Gasteiger partial charge in [0.15, 0.2) is 0 Å². The van der Waals surface area contributed by atoms with Gasteiger partial charge in [0.05, 0.1) is 0 Å². The van der Waals surface area contributed by atoms with Crippen LogP contribution in [0.3, 0.4) is 0 Å². The summed E-state index contributed by atoms with van der Waals surface area (Å²) in [6.45, 7) is 2.20. The number of unbranched alkanes of at least 4 members (excludes halogenated alkanes) is 1. The molecular weight excluding hydrogens is 320 g/mol. The summed E-state index contributed by atoms with van der Waals surface area (Å²) in [5.41, 5.74) is 2.26. The number of ketones is 2.